The monoisotopic (exact) mass is 197 g/mol. The summed E-state index contributed by atoms with van der Waals surface area (Å²) in [7, 11) is 0. The van der Waals surface area contributed by atoms with Crippen LogP contribution < -0.4 is 5.73 Å². The summed E-state index contributed by atoms with van der Waals surface area (Å²) >= 11 is 6.14. The van der Waals surface area contributed by atoms with Gasteiger partial charge in [0.05, 0.1) is 0 Å². The van der Waals surface area contributed by atoms with Crippen molar-refractivity contribution >= 4 is 11.6 Å². The predicted octanol–water partition coefficient (Wildman–Crippen LogP) is 3.45. The van der Waals surface area contributed by atoms with Crippen LogP contribution in [-0.2, 0) is 0 Å². The van der Waals surface area contributed by atoms with Crippen LogP contribution in [0.3, 0.4) is 0 Å². The molecule has 0 amide bonds. The SMILES string of the molecule is CCCC(N)c1cccc(C)c1Cl. The second kappa shape index (κ2) is 4.64. The number of nitrogens with two attached hydrogens (primary N) is 1. The summed E-state index contributed by atoms with van der Waals surface area (Å²) in [5.74, 6) is 0. The van der Waals surface area contributed by atoms with Gasteiger partial charge in [0.25, 0.3) is 0 Å². The molecule has 1 unspecified atom stereocenters. The Morgan fingerprint density at radius 3 is 2.77 bits per heavy atom. The molecule has 0 aromatic heterocycles. The summed E-state index contributed by atoms with van der Waals surface area (Å²) in [4.78, 5) is 0. The standard InChI is InChI=1S/C11H16ClN/c1-3-5-10(13)9-7-4-6-8(2)11(9)12/h4,6-7,10H,3,5,13H2,1-2H3. The fourth-order valence-corrected chi connectivity index (χ4v) is 1.69. The first-order valence-electron chi connectivity index (χ1n) is 4.67. The minimum Gasteiger partial charge on any atom is -0.324 e. The average Bonchev–Trinajstić information content (AvgIpc) is 2.10. The number of halogens is 1. The van der Waals surface area contributed by atoms with E-state index >= 15 is 0 Å². The molecule has 0 spiro atoms. The van der Waals surface area contributed by atoms with Crippen LogP contribution in [0.25, 0.3) is 0 Å². The molecule has 13 heavy (non-hydrogen) atoms. The molecular weight excluding hydrogens is 182 g/mol. The zero-order valence-electron chi connectivity index (χ0n) is 8.18. The largest absolute Gasteiger partial charge is 0.324 e. The molecule has 2 heteroatoms. The van der Waals surface area contributed by atoms with E-state index < -0.39 is 0 Å². The zero-order chi connectivity index (χ0) is 9.84. The van der Waals surface area contributed by atoms with Crippen LogP contribution in [0.15, 0.2) is 18.2 Å². The van der Waals surface area contributed by atoms with Gasteiger partial charge in [0, 0.05) is 11.1 Å². The zero-order valence-corrected chi connectivity index (χ0v) is 8.93. The number of benzene rings is 1. The molecule has 0 aliphatic rings. The fourth-order valence-electron chi connectivity index (χ4n) is 1.42. The average molecular weight is 198 g/mol. The Morgan fingerprint density at radius 1 is 1.46 bits per heavy atom. The Balaban J connectivity index is 2.93. The molecule has 0 heterocycles. The van der Waals surface area contributed by atoms with Gasteiger partial charge in [-0.2, -0.15) is 0 Å². The van der Waals surface area contributed by atoms with Gasteiger partial charge >= 0.3 is 0 Å². The van der Waals surface area contributed by atoms with E-state index in [-0.39, 0.29) is 6.04 Å². The molecule has 0 aliphatic carbocycles. The van der Waals surface area contributed by atoms with Crippen molar-refractivity contribution in [2.75, 3.05) is 0 Å². The summed E-state index contributed by atoms with van der Waals surface area (Å²) in [5.41, 5.74) is 8.17. The van der Waals surface area contributed by atoms with Gasteiger partial charge in [0.1, 0.15) is 0 Å². The van der Waals surface area contributed by atoms with Crippen LogP contribution >= 0.6 is 11.6 Å². The number of hydrogen-bond donors (Lipinski definition) is 1. The van der Waals surface area contributed by atoms with E-state index in [1.165, 1.54) is 0 Å². The van der Waals surface area contributed by atoms with E-state index in [2.05, 4.69) is 6.92 Å². The molecule has 0 aliphatic heterocycles. The van der Waals surface area contributed by atoms with Gasteiger partial charge < -0.3 is 5.73 Å². The smallest absolute Gasteiger partial charge is 0.0482 e. The fraction of sp³-hybridized carbons (Fsp3) is 0.455. The summed E-state index contributed by atoms with van der Waals surface area (Å²) < 4.78 is 0. The van der Waals surface area contributed by atoms with Crippen molar-refractivity contribution in [2.24, 2.45) is 5.73 Å². The summed E-state index contributed by atoms with van der Waals surface area (Å²) in [6, 6.07) is 6.10. The Bertz CT molecular complexity index is 283. The summed E-state index contributed by atoms with van der Waals surface area (Å²) in [6.45, 7) is 4.13. The van der Waals surface area contributed by atoms with Crippen LogP contribution in [-0.4, -0.2) is 0 Å². The van der Waals surface area contributed by atoms with Crippen LogP contribution in [0.2, 0.25) is 5.02 Å². The lowest BCUT2D eigenvalue weighted by molar-refractivity contribution is 0.638. The minimum atomic E-state index is 0.0809. The van der Waals surface area contributed by atoms with E-state index in [0.29, 0.717) is 0 Å². The Labute approximate surface area is 84.9 Å². The van der Waals surface area contributed by atoms with Gasteiger partial charge in [-0.25, -0.2) is 0 Å². The predicted molar refractivity (Wildman–Crippen MR) is 58.0 cm³/mol. The van der Waals surface area contributed by atoms with Gasteiger partial charge in [-0.05, 0) is 24.5 Å². The normalized spacial score (nSPS) is 12.9. The molecule has 1 atom stereocenters. The third-order valence-electron chi connectivity index (χ3n) is 2.22. The molecule has 0 bridgehead atoms. The molecule has 0 radical (unpaired) electrons. The summed E-state index contributed by atoms with van der Waals surface area (Å²) in [5, 5.41) is 0.823. The van der Waals surface area contributed by atoms with Crippen molar-refractivity contribution in [1.82, 2.24) is 0 Å². The molecular formula is C11H16ClN. The highest BCUT2D eigenvalue weighted by molar-refractivity contribution is 6.32. The molecule has 72 valence electrons. The second-order valence-electron chi connectivity index (χ2n) is 3.37. The summed E-state index contributed by atoms with van der Waals surface area (Å²) in [6.07, 6.45) is 2.08. The number of hydrogen-bond acceptors (Lipinski definition) is 1. The van der Waals surface area contributed by atoms with Crippen molar-refractivity contribution in [3.63, 3.8) is 0 Å². The molecule has 2 N–H and O–H groups in total. The first-order valence-corrected chi connectivity index (χ1v) is 5.05. The Morgan fingerprint density at radius 2 is 2.15 bits per heavy atom. The minimum absolute atomic E-state index is 0.0809. The van der Waals surface area contributed by atoms with Crippen molar-refractivity contribution in [3.05, 3.63) is 34.3 Å². The van der Waals surface area contributed by atoms with Gasteiger partial charge in [0.15, 0.2) is 0 Å². The van der Waals surface area contributed by atoms with Gasteiger partial charge in [0.2, 0.25) is 0 Å². The third-order valence-corrected chi connectivity index (χ3v) is 2.74. The van der Waals surface area contributed by atoms with Gasteiger partial charge in [-0.1, -0.05) is 43.1 Å². The molecule has 0 fully saturated rings. The number of rotatable bonds is 3. The van der Waals surface area contributed by atoms with Crippen LogP contribution in [0.1, 0.15) is 36.9 Å². The first-order chi connectivity index (χ1) is 6.16. The second-order valence-corrected chi connectivity index (χ2v) is 3.75. The number of aryl methyl sites for hydroxylation is 1. The van der Waals surface area contributed by atoms with Crippen molar-refractivity contribution in [3.8, 4) is 0 Å². The van der Waals surface area contributed by atoms with E-state index in [9.17, 15) is 0 Å². The highest BCUT2D eigenvalue weighted by Gasteiger charge is 2.09. The maximum absolute atomic E-state index is 6.14. The van der Waals surface area contributed by atoms with Crippen LogP contribution in [0, 0.1) is 6.92 Å². The maximum atomic E-state index is 6.14. The molecule has 1 aromatic rings. The van der Waals surface area contributed by atoms with Crippen molar-refractivity contribution < 1.29 is 0 Å². The van der Waals surface area contributed by atoms with E-state index in [1.807, 2.05) is 25.1 Å². The highest BCUT2D eigenvalue weighted by Crippen LogP contribution is 2.26. The Kier molecular flexibility index (Phi) is 3.76. The third kappa shape index (κ3) is 2.45. The van der Waals surface area contributed by atoms with Gasteiger partial charge in [-0.3, -0.25) is 0 Å². The molecule has 1 rings (SSSR count). The Hall–Kier alpha value is -0.530. The molecule has 1 nitrogen and oxygen atoms in total. The van der Waals surface area contributed by atoms with E-state index in [1.54, 1.807) is 0 Å². The molecule has 1 aromatic carbocycles. The lowest BCUT2D eigenvalue weighted by atomic mass is 10.0. The first kappa shape index (κ1) is 10.6. The van der Waals surface area contributed by atoms with E-state index in [4.69, 9.17) is 17.3 Å². The lowest BCUT2D eigenvalue weighted by Gasteiger charge is -2.13. The molecule has 0 saturated heterocycles. The lowest BCUT2D eigenvalue weighted by Crippen LogP contribution is -2.10. The van der Waals surface area contributed by atoms with Crippen molar-refractivity contribution in [1.29, 1.82) is 0 Å². The van der Waals surface area contributed by atoms with Crippen molar-refractivity contribution in [2.45, 2.75) is 32.7 Å². The topological polar surface area (TPSA) is 26.0 Å². The van der Waals surface area contributed by atoms with E-state index in [0.717, 1.165) is 29.0 Å². The van der Waals surface area contributed by atoms with Gasteiger partial charge in [-0.15, -0.1) is 0 Å². The van der Waals surface area contributed by atoms with Crippen LogP contribution in [0.5, 0.6) is 0 Å². The van der Waals surface area contributed by atoms with Crippen LogP contribution in [0.4, 0.5) is 0 Å². The maximum Gasteiger partial charge on any atom is 0.0482 e. The highest BCUT2D eigenvalue weighted by atomic mass is 35.5. The molecule has 0 saturated carbocycles. The quantitative estimate of drug-likeness (QED) is 0.790.